The molecule has 212 valence electrons. The monoisotopic (exact) mass is 576 g/mol. The largest absolute Gasteiger partial charge is 0.508 e. The number of fused-ring (bicyclic) bond motifs is 2. The Morgan fingerprint density at radius 3 is 2.46 bits per heavy atom. The highest BCUT2D eigenvalue weighted by Crippen LogP contribution is 2.35. The molecular formula is C29H28N4O7S. The van der Waals surface area contributed by atoms with Gasteiger partial charge < -0.3 is 15.5 Å². The lowest BCUT2D eigenvalue weighted by Crippen LogP contribution is -2.58. The Balaban J connectivity index is 1.57. The first-order valence-electron chi connectivity index (χ1n) is 12.8. The van der Waals surface area contributed by atoms with E-state index in [9.17, 15) is 33.4 Å². The van der Waals surface area contributed by atoms with Crippen LogP contribution >= 0.6 is 0 Å². The number of hydrogen-bond acceptors (Lipinski definition) is 8. The number of amides is 2. The van der Waals surface area contributed by atoms with Crippen molar-refractivity contribution in [3.05, 3.63) is 102 Å². The van der Waals surface area contributed by atoms with E-state index in [0.29, 0.717) is 17.4 Å². The van der Waals surface area contributed by atoms with E-state index in [1.54, 1.807) is 48.5 Å². The van der Waals surface area contributed by atoms with Crippen LogP contribution in [-0.4, -0.2) is 46.7 Å². The molecule has 11 nitrogen and oxygen atoms in total. The SMILES string of the molecule is O=C(NO)[C@@H](Cc1ccccc1O)[C@@H](NS(=O)(=O)c1cccc2cccnc12)C(=O)N[C@]1(O)CCc2ccccc21. The maximum atomic E-state index is 13.9. The van der Waals surface area contributed by atoms with Gasteiger partial charge in [0.2, 0.25) is 21.8 Å². The van der Waals surface area contributed by atoms with Crippen molar-refractivity contribution in [3.63, 3.8) is 0 Å². The van der Waals surface area contributed by atoms with Gasteiger partial charge in [0.15, 0.2) is 5.72 Å². The summed E-state index contributed by atoms with van der Waals surface area (Å²) in [7, 11) is -4.51. The Labute approximate surface area is 235 Å². The molecule has 0 saturated carbocycles. The average Bonchev–Trinajstić information content (AvgIpc) is 3.31. The maximum Gasteiger partial charge on any atom is 0.248 e. The number of phenolic OH excluding ortho intramolecular Hbond substituents is 1. The van der Waals surface area contributed by atoms with Crippen LogP contribution in [0.15, 0.2) is 90.0 Å². The minimum absolute atomic E-state index is 0.126. The molecule has 6 N–H and O–H groups in total. The summed E-state index contributed by atoms with van der Waals surface area (Å²) in [5.41, 5.74) is 1.33. The maximum absolute atomic E-state index is 13.9. The van der Waals surface area contributed by atoms with Crippen molar-refractivity contribution in [2.24, 2.45) is 5.92 Å². The number of hydrogen-bond donors (Lipinski definition) is 6. The molecule has 0 bridgehead atoms. The van der Waals surface area contributed by atoms with Crippen LogP contribution in [0, 0.1) is 5.92 Å². The highest BCUT2D eigenvalue weighted by molar-refractivity contribution is 7.89. The van der Waals surface area contributed by atoms with Crippen LogP contribution in [0.1, 0.15) is 23.1 Å². The molecule has 3 aromatic carbocycles. The molecule has 0 saturated heterocycles. The van der Waals surface area contributed by atoms with Crippen LogP contribution in [-0.2, 0) is 38.2 Å². The molecule has 3 atom stereocenters. The van der Waals surface area contributed by atoms with E-state index in [0.717, 1.165) is 5.56 Å². The fraction of sp³-hybridized carbons (Fsp3) is 0.207. The number of benzene rings is 3. The normalized spacial score (nSPS) is 17.9. The molecule has 12 heteroatoms. The summed E-state index contributed by atoms with van der Waals surface area (Å²) in [6.45, 7) is 0. The molecule has 0 radical (unpaired) electrons. The van der Waals surface area contributed by atoms with Crippen LogP contribution < -0.4 is 15.5 Å². The van der Waals surface area contributed by atoms with Crippen molar-refractivity contribution in [1.29, 1.82) is 0 Å². The molecule has 1 aliphatic carbocycles. The van der Waals surface area contributed by atoms with Gasteiger partial charge >= 0.3 is 0 Å². The Morgan fingerprint density at radius 2 is 1.68 bits per heavy atom. The quantitative estimate of drug-likeness (QED) is 0.0993. The Kier molecular flexibility index (Phi) is 7.74. The van der Waals surface area contributed by atoms with Gasteiger partial charge in [-0.1, -0.05) is 60.7 Å². The van der Waals surface area contributed by atoms with E-state index >= 15 is 0 Å². The number of nitrogens with zero attached hydrogens (tertiary/aromatic N) is 1. The lowest BCUT2D eigenvalue weighted by Gasteiger charge is -2.31. The highest BCUT2D eigenvalue weighted by Gasteiger charge is 2.44. The number of aromatic hydroxyl groups is 1. The predicted molar refractivity (Wildman–Crippen MR) is 148 cm³/mol. The fourth-order valence-corrected chi connectivity index (χ4v) is 6.63. The third-order valence-electron chi connectivity index (χ3n) is 7.28. The summed E-state index contributed by atoms with van der Waals surface area (Å²) >= 11 is 0. The van der Waals surface area contributed by atoms with Crippen LogP contribution in [0.25, 0.3) is 10.9 Å². The minimum atomic E-state index is -4.51. The summed E-state index contributed by atoms with van der Waals surface area (Å²) in [4.78, 5) is 30.8. The number of aliphatic hydroxyl groups is 1. The lowest BCUT2D eigenvalue weighted by atomic mass is 9.90. The molecule has 1 aromatic heterocycles. The van der Waals surface area contributed by atoms with Gasteiger partial charge in [-0.05, 0) is 42.2 Å². The van der Waals surface area contributed by atoms with Gasteiger partial charge in [0.25, 0.3) is 0 Å². The lowest BCUT2D eigenvalue weighted by molar-refractivity contribution is -0.141. The van der Waals surface area contributed by atoms with Gasteiger partial charge in [-0.15, -0.1) is 0 Å². The number of hydroxylamine groups is 1. The van der Waals surface area contributed by atoms with Crippen molar-refractivity contribution in [3.8, 4) is 5.75 Å². The molecule has 1 heterocycles. The molecule has 0 unspecified atom stereocenters. The van der Waals surface area contributed by atoms with Crippen LogP contribution in [0.2, 0.25) is 0 Å². The summed E-state index contributed by atoms with van der Waals surface area (Å²) in [5.74, 6) is -3.82. The van der Waals surface area contributed by atoms with Gasteiger partial charge in [-0.3, -0.25) is 19.8 Å². The number of aromatic nitrogens is 1. The molecular weight excluding hydrogens is 548 g/mol. The molecule has 5 rings (SSSR count). The number of rotatable bonds is 9. The Hall–Kier alpha value is -4.36. The van der Waals surface area contributed by atoms with Crippen molar-refractivity contribution in [1.82, 2.24) is 20.5 Å². The standard InChI is InChI=1S/C29H28N4O7S/c34-23-12-4-2-8-20(23)17-21(27(35)32-38)26(28(36)31-29(37)15-14-18-7-1-3-11-22(18)29)33-41(39,40)24-13-5-9-19-10-6-16-30-25(19)24/h1-13,16,21,26,33-34,37-38H,14-15,17H2,(H,31,36)(H,32,35)/t21-,26+,29-/m0/s1. The Morgan fingerprint density at radius 1 is 0.951 bits per heavy atom. The second kappa shape index (κ2) is 11.3. The van der Waals surface area contributed by atoms with E-state index in [-0.39, 0.29) is 34.6 Å². The smallest absolute Gasteiger partial charge is 0.248 e. The molecule has 1 aliphatic rings. The molecule has 2 amide bonds. The average molecular weight is 577 g/mol. The van der Waals surface area contributed by atoms with E-state index in [4.69, 9.17) is 0 Å². The third kappa shape index (κ3) is 5.63. The van der Waals surface area contributed by atoms with Gasteiger partial charge in [0.1, 0.15) is 16.7 Å². The first-order valence-corrected chi connectivity index (χ1v) is 14.3. The molecule has 41 heavy (non-hydrogen) atoms. The van der Waals surface area contributed by atoms with Gasteiger partial charge in [-0.2, -0.15) is 4.72 Å². The van der Waals surface area contributed by atoms with Crippen LogP contribution in [0.4, 0.5) is 0 Å². The number of carbonyl (C=O) groups is 2. The Bertz CT molecular complexity index is 1720. The van der Waals surface area contributed by atoms with Gasteiger partial charge in [-0.25, -0.2) is 13.9 Å². The number of para-hydroxylation sites is 2. The minimum Gasteiger partial charge on any atom is -0.508 e. The number of nitrogens with one attached hydrogen (secondary N) is 3. The first kappa shape index (κ1) is 28.2. The van der Waals surface area contributed by atoms with Crippen LogP contribution in [0.3, 0.4) is 0 Å². The zero-order valence-electron chi connectivity index (χ0n) is 21.7. The van der Waals surface area contributed by atoms with Crippen LogP contribution in [0.5, 0.6) is 5.75 Å². The van der Waals surface area contributed by atoms with E-state index in [2.05, 4.69) is 15.0 Å². The topological polar surface area (TPSA) is 178 Å². The number of aryl methyl sites for hydroxylation is 1. The predicted octanol–water partition coefficient (Wildman–Crippen LogP) is 1.86. The number of pyridine rings is 1. The molecule has 0 spiro atoms. The van der Waals surface area contributed by atoms with Gasteiger partial charge in [0.05, 0.1) is 11.4 Å². The second-order valence-electron chi connectivity index (χ2n) is 9.85. The number of carbonyl (C=O) groups excluding carboxylic acids is 2. The molecule has 0 fully saturated rings. The summed E-state index contributed by atoms with van der Waals surface area (Å²) < 4.78 is 29.9. The fourth-order valence-electron chi connectivity index (χ4n) is 5.21. The van der Waals surface area contributed by atoms with Crippen molar-refractivity contribution in [2.45, 2.75) is 35.9 Å². The van der Waals surface area contributed by atoms with Gasteiger partial charge in [0, 0.05) is 23.6 Å². The second-order valence-corrected chi connectivity index (χ2v) is 11.5. The summed E-state index contributed by atoms with van der Waals surface area (Å²) in [6, 6.07) is 19.0. The number of sulfonamides is 1. The third-order valence-corrected chi connectivity index (χ3v) is 8.75. The van der Waals surface area contributed by atoms with E-state index in [1.807, 2.05) is 6.07 Å². The molecule has 0 aliphatic heterocycles. The highest BCUT2D eigenvalue weighted by atomic mass is 32.2. The summed E-state index contributed by atoms with van der Waals surface area (Å²) in [6.07, 6.45) is 1.69. The van der Waals surface area contributed by atoms with Crippen molar-refractivity contribution in [2.75, 3.05) is 0 Å². The summed E-state index contributed by atoms with van der Waals surface area (Å²) in [5, 5.41) is 34.4. The zero-order valence-corrected chi connectivity index (χ0v) is 22.5. The van der Waals surface area contributed by atoms with Crippen molar-refractivity contribution >= 4 is 32.7 Å². The number of phenols is 1. The first-order chi connectivity index (χ1) is 19.6. The van der Waals surface area contributed by atoms with E-state index < -0.39 is 39.5 Å². The van der Waals surface area contributed by atoms with E-state index in [1.165, 1.54) is 35.9 Å². The van der Waals surface area contributed by atoms with Crippen molar-refractivity contribution < 1.29 is 33.4 Å². The molecule has 4 aromatic rings. The zero-order chi connectivity index (χ0) is 29.2.